The summed E-state index contributed by atoms with van der Waals surface area (Å²) >= 11 is 0. The van der Waals surface area contributed by atoms with Crippen LogP contribution in [0.25, 0.3) is 0 Å². The third-order valence-corrected chi connectivity index (χ3v) is 5.69. The monoisotopic (exact) mass is 324 g/mol. The van der Waals surface area contributed by atoms with Crippen LogP contribution in [0.15, 0.2) is 54.6 Å². The van der Waals surface area contributed by atoms with Crippen LogP contribution in [0, 0.1) is 5.82 Å². The zero-order valence-corrected chi connectivity index (χ0v) is 13.5. The molecule has 0 aliphatic carbocycles. The first kappa shape index (κ1) is 16.8. The molecule has 2 aromatic rings. The number of nitrogens with two attached hydrogens (primary N) is 1. The highest BCUT2D eigenvalue weighted by atomic mass is 31.2. The van der Waals surface area contributed by atoms with Crippen LogP contribution < -0.4 is 5.32 Å². The second-order valence-electron chi connectivity index (χ2n) is 4.83. The molecule has 0 aromatic heterocycles. The van der Waals surface area contributed by atoms with Gasteiger partial charge in [0.05, 0.1) is 0 Å². The third-order valence-electron chi connectivity index (χ3n) is 3.48. The van der Waals surface area contributed by atoms with Crippen LogP contribution in [-0.4, -0.2) is 14.2 Å². The Morgan fingerprint density at radius 1 is 1.05 bits per heavy atom. The molecule has 22 heavy (non-hydrogen) atoms. The van der Waals surface area contributed by atoms with E-state index in [9.17, 15) is 8.96 Å². The molecule has 1 atom stereocenters. The molecular weight excluding hydrogens is 304 g/mol. The third kappa shape index (κ3) is 4.02. The summed E-state index contributed by atoms with van der Waals surface area (Å²) in [7, 11) is -0.627. The fourth-order valence-electron chi connectivity index (χ4n) is 2.27. The van der Waals surface area contributed by atoms with Gasteiger partial charge < -0.3 is 14.4 Å². The molecule has 0 unspecified atom stereocenters. The van der Waals surface area contributed by atoms with Crippen LogP contribution >= 0.6 is 7.60 Å². The normalized spacial score (nSPS) is 13.0. The number of hydrogen-bond acceptors (Lipinski definition) is 3. The first-order valence-corrected chi connectivity index (χ1v) is 8.54. The molecule has 4 nitrogen and oxygen atoms in total. The first-order valence-electron chi connectivity index (χ1n) is 6.93. The number of benzene rings is 2. The summed E-state index contributed by atoms with van der Waals surface area (Å²) in [6.45, 7) is 0.611. The van der Waals surface area contributed by atoms with E-state index in [1.54, 1.807) is 12.1 Å². The predicted molar refractivity (Wildman–Crippen MR) is 82.8 cm³/mol. The molecule has 2 aromatic carbocycles. The van der Waals surface area contributed by atoms with Gasteiger partial charge in [0.25, 0.3) is 0 Å². The number of rotatable bonds is 7. The summed E-state index contributed by atoms with van der Waals surface area (Å²) in [5.41, 5.74) is 1.79. The lowest BCUT2D eigenvalue weighted by atomic mass is 10.2. The zero-order valence-electron chi connectivity index (χ0n) is 12.6. The summed E-state index contributed by atoms with van der Waals surface area (Å²) in [5.74, 6) is -0.890. The van der Waals surface area contributed by atoms with Crippen LogP contribution in [0.1, 0.15) is 16.9 Å². The van der Waals surface area contributed by atoms with E-state index in [0.717, 1.165) is 5.56 Å². The van der Waals surface area contributed by atoms with Gasteiger partial charge in [-0.25, -0.2) is 4.39 Å². The fourth-order valence-corrected chi connectivity index (χ4v) is 3.78. The van der Waals surface area contributed by atoms with Crippen LogP contribution in [0.5, 0.6) is 0 Å². The van der Waals surface area contributed by atoms with Crippen LogP contribution in [0.3, 0.4) is 0 Å². The van der Waals surface area contributed by atoms with E-state index in [2.05, 4.69) is 0 Å². The predicted octanol–water partition coefficient (Wildman–Crippen LogP) is 3.07. The molecule has 0 saturated heterocycles. The van der Waals surface area contributed by atoms with Crippen LogP contribution in [0.4, 0.5) is 4.39 Å². The van der Waals surface area contributed by atoms with E-state index in [4.69, 9.17) is 9.05 Å². The molecular formula is C16H20FNO3P+. The van der Waals surface area contributed by atoms with Gasteiger partial charge in [-0.15, -0.1) is 0 Å². The van der Waals surface area contributed by atoms with Gasteiger partial charge in [0.2, 0.25) is 5.78 Å². The van der Waals surface area contributed by atoms with E-state index in [1.165, 1.54) is 26.4 Å². The molecule has 0 amide bonds. The molecule has 2 N–H and O–H groups in total. The van der Waals surface area contributed by atoms with Gasteiger partial charge in [-0.05, 0) is 24.3 Å². The molecule has 6 heteroatoms. The van der Waals surface area contributed by atoms with Crippen molar-refractivity contribution in [2.45, 2.75) is 12.3 Å². The Morgan fingerprint density at radius 2 is 1.64 bits per heavy atom. The van der Waals surface area contributed by atoms with Crippen molar-refractivity contribution in [2.75, 3.05) is 14.2 Å². The van der Waals surface area contributed by atoms with Crippen molar-refractivity contribution in [2.24, 2.45) is 0 Å². The minimum atomic E-state index is -3.34. The smallest absolute Gasteiger partial charge is 0.326 e. The number of hydrogen-bond donors (Lipinski definition) is 1. The highest BCUT2D eigenvalue weighted by Gasteiger charge is 2.38. The lowest BCUT2D eigenvalue weighted by Crippen LogP contribution is -2.83. The van der Waals surface area contributed by atoms with Gasteiger partial charge in [0.1, 0.15) is 12.4 Å². The lowest BCUT2D eigenvalue weighted by Gasteiger charge is -2.22. The second-order valence-corrected chi connectivity index (χ2v) is 7.19. The molecule has 0 radical (unpaired) electrons. The minimum absolute atomic E-state index is 0.338. The summed E-state index contributed by atoms with van der Waals surface area (Å²) in [6, 6.07) is 15.7. The molecule has 0 aliphatic rings. The van der Waals surface area contributed by atoms with E-state index in [0.29, 0.717) is 12.1 Å². The van der Waals surface area contributed by atoms with Crippen molar-refractivity contribution in [1.29, 1.82) is 0 Å². The fraction of sp³-hybridized carbons (Fsp3) is 0.250. The Kier molecular flexibility index (Phi) is 5.86. The molecule has 0 bridgehead atoms. The topological polar surface area (TPSA) is 52.1 Å². The Balaban J connectivity index is 2.25. The largest absolute Gasteiger partial charge is 0.391 e. The number of halogens is 1. The van der Waals surface area contributed by atoms with Gasteiger partial charge in [-0.3, -0.25) is 4.57 Å². The van der Waals surface area contributed by atoms with Crippen molar-refractivity contribution >= 4 is 7.60 Å². The van der Waals surface area contributed by atoms with Gasteiger partial charge in [-0.2, -0.15) is 0 Å². The van der Waals surface area contributed by atoms with Crippen molar-refractivity contribution in [3.05, 3.63) is 71.5 Å². The van der Waals surface area contributed by atoms with Crippen molar-refractivity contribution < 1.29 is 23.3 Å². The maximum atomic E-state index is 13.1. The quantitative estimate of drug-likeness (QED) is 0.796. The summed E-state index contributed by atoms with van der Waals surface area (Å²) in [4.78, 5) is 0. The molecule has 0 saturated carbocycles. The lowest BCUT2D eigenvalue weighted by molar-refractivity contribution is -0.693. The Bertz CT molecular complexity index is 626. The maximum Gasteiger partial charge on any atom is 0.391 e. The van der Waals surface area contributed by atoms with E-state index < -0.39 is 13.4 Å². The first-order chi connectivity index (χ1) is 10.6. The van der Waals surface area contributed by atoms with Gasteiger partial charge in [-0.1, -0.05) is 30.3 Å². The molecule has 0 heterocycles. The van der Waals surface area contributed by atoms with Gasteiger partial charge in [0.15, 0.2) is 0 Å². The SMILES string of the molecule is COP(=O)(OC)[C@H]([NH2+]Cc1ccccc1)c1ccc(F)cc1. The van der Waals surface area contributed by atoms with Crippen LogP contribution in [0.2, 0.25) is 0 Å². The van der Waals surface area contributed by atoms with E-state index >= 15 is 0 Å². The standard InChI is InChI=1S/C16H19FNO3P/c1-20-22(19,21-2)16(14-8-10-15(17)11-9-14)18-12-13-6-4-3-5-7-13/h3-11,16,18H,12H2,1-2H3/p+1/t16-/m0/s1. The summed E-state index contributed by atoms with van der Waals surface area (Å²) < 4.78 is 36.2. The highest BCUT2D eigenvalue weighted by molar-refractivity contribution is 7.53. The van der Waals surface area contributed by atoms with Crippen molar-refractivity contribution in [3.63, 3.8) is 0 Å². The van der Waals surface area contributed by atoms with Gasteiger partial charge >= 0.3 is 7.60 Å². The Hall–Kier alpha value is -1.52. The maximum absolute atomic E-state index is 13.1. The van der Waals surface area contributed by atoms with E-state index in [1.807, 2.05) is 35.6 Å². The molecule has 118 valence electrons. The summed E-state index contributed by atoms with van der Waals surface area (Å²) in [6.07, 6.45) is 0. The van der Waals surface area contributed by atoms with Crippen molar-refractivity contribution in [3.8, 4) is 0 Å². The molecule has 2 rings (SSSR count). The molecule has 0 spiro atoms. The average molecular weight is 324 g/mol. The molecule has 0 fully saturated rings. The minimum Gasteiger partial charge on any atom is -0.326 e. The Labute approximate surface area is 129 Å². The van der Waals surface area contributed by atoms with Gasteiger partial charge in [0, 0.05) is 25.3 Å². The summed E-state index contributed by atoms with van der Waals surface area (Å²) in [5, 5.41) is 1.89. The molecule has 0 aliphatic heterocycles. The highest BCUT2D eigenvalue weighted by Crippen LogP contribution is 2.56. The second kappa shape index (κ2) is 7.65. The van der Waals surface area contributed by atoms with Crippen LogP contribution in [-0.2, 0) is 20.2 Å². The average Bonchev–Trinajstić information content (AvgIpc) is 2.57. The Morgan fingerprint density at radius 3 is 2.18 bits per heavy atom. The van der Waals surface area contributed by atoms with Crippen molar-refractivity contribution in [1.82, 2.24) is 0 Å². The zero-order chi connectivity index (χ0) is 16.0. The number of quaternary nitrogens is 1. The van der Waals surface area contributed by atoms with E-state index in [-0.39, 0.29) is 5.82 Å².